The van der Waals surface area contributed by atoms with Crippen LogP contribution in [0.4, 0.5) is 10.7 Å². The summed E-state index contributed by atoms with van der Waals surface area (Å²) in [6, 6.07) is 9.02. The molecule has 5 atom stereocenters. The van der Waals surface area contributed by atoms with E-state index in [2.05, 4.69) is 17.0 Å². The van der Waals surface area contributed by atoms with E-state index in [-0.39, 0.29) is 25.1 Å². The van der Waals surface area contributed by atoms with Gasteiger partial charge in [-0.05, 0) is 56.0 Å². The lowest BCUT2D eigenvalue weighted by Crippen LogP contribution is -2.58. The van der Waals surface area contributed by atoms with Crippen LogP contribution < -0.4 is 5.73 Å². The van der Waals surface area contributed by atoms with Crippen LogP contribution in [0.25, 0.3) is 0 Å². The normalized spacial score (nSPS) is 27.9. The van der Waals surface area contributed by atoms with E-state index in [9.17, 15) is 29.6 Å². The number of hydrogen-bond acceptors (Lipinski definition) is 9. The van der Waals surface area contributed by atoms with E-state index >= 15 is 0 Å². The van der Waals surface area contributed by atoms with Gasteiger partial charge < -0.3 is 15.3 Å². The van der Waals surface area contributed by atoms with Gasteiger partial charge in [-0.2, -0.15) is 4.90 Å². The average molecular weight is 564 g/mol. The van der Waals surface area contributed by atoms with Gasteiger partial charge in [-0.25, -0.2) is 4.79 Å². The number of nitrogens with two attached hydrogens (primary N) is 1. The van der Waals surface area contributed by atoms with Gasteiger partial charge in [0, 0.05) is 31.2 Å². The molecule has 5 unspecified atom stereocenters. The summed E-state index contributed by atoms with van der Waals surface area (Å²) in [6.07, 6.45) is 5.38. The number of imide groups is 3. The highest BCUT2D eigenvalue weighted by Gasteiger charge is 2.64. The second-order valence-electron chi connectivity index (χ2n) is 11.3. The molecule has 216 valence electrons. The molecule has 4 aliphatic heterocycles. The van der Waals surface area contributed by atoms with Crippen LogP contribution in [0.3, 0.4) is 0 Å². The monoisotopic (exact) mass is 563 g/mol. The van der Waals surface area contributed by atoms with Crippen LogP contribution in [0.2, 0.25) is 0 Å². The molecule has 5 aliphatic rings. The molecule has 0 radical (unpaired) electrons. The van der Waals surface area contributed by atoms with Crippen molar-refractivity contribution in [3.63, 3.8) is 0 Å². The highest BCUT2D eigenvalue weighted by molar-refractivity contribution is 6.17. The van der Waals surface area contributed by atoms with Crippen molar-refractivity contribution in [1.82, 2.24) is 14.7 Å². The first-order valence-electron chi connectivity index (χ1n) is 14.1. The number of hydrogen-bond donors (Lipinski definition) is 2. The number of aliphatic hydroxyl groups is 1. The molecule has 1 aromatic carbocycles. The molecule has 0 saturated carbocycles. The van der Waals surface area contributed by atoms with E-state index in [1.54, 1.807) is 6.07 Å². The van der Waals surface area contributed by atoms with E-state index in [1.807, 2.05) is 23.1 Å². The molecule has 2 aromatic rings. The van der Waals surface area contributed by atoms with Crippen molar-refractivity contribution in [2.45, 2.75) is 50.9 Å². The van der Waals surface area contributed by atoms with Crippen molar-refractivity contribution in [3.05, 3.63) is 75.0 Å². The first kappa shape index (κ1) is 27.3. The summed E-state index contributed by atoms with van der Waals surface area (Å²) < 4.78 is 5.51. The van der Waals surface area contributed by atoms with Crippen molar-refractivity contribution >= 4 is 23.7 Å². The fourth-order valence-corrected chi connectivity index (χ4v) is 7.31. The van der Waals surface area contributed by atoms with Gasteiger partial charge in [0.25, 0.3) is 0 Å². The molecule has 7 rings (SSSR count). The number of fused-ring (bicyclic) bond motifs is 1. The van der Waals surface area contributed by atoms with Gasteiger partial charge in [-0.3, -0.25) is 29.5 Å². The third kappa shape index (κ3) is 4.75. The molecule has 1 aliphatic carbocycles. The summed E-state index contributed by atoms with van der Waals surface area (Å²) in [4.78, 5) is 54.9. The number of benzene rings is 1. The molecule has 12 heteroatoms. The number of carbonyl (C=O) groups excluding carboxylic acids is 3. The second-order valence-corrected chi connectivity index (χ2v) is 11.3. The Balaban J connectivity index is 1.42. The van der Waals surface area contributed by atoms with Crippen LogP contribution in [0.5, 0.6) is 0 Å². The van der Waals surface area contributed by atoms with Gasteiger partial charge in [0.05, 0.1) is 24.4 Å². The third-order valence-corrected chi connectivity index (χ3v) is 8.98. The molecule has 1 aromatic heterocycles. The van der Waals surface area contributed by atoms with Gasteiger partial charge in [0.1, 0.15) is 10.7 Å². The fourth-order valence-electron chi connectivity index (χ4n) is 7.31. The zero-order valence-corrected chi connectivity index (χ0v) is 22.6. The number of rotatable bonds is 9. The number of piperidine rings is 1. The lowest BCUT2D eigenvalue weighted by Gasteiger charge is -2.54. The molecule has 0 spiro atoms. The summed E-state index contributed by atoms with van der Waals surface area (Å²) in [6.45, 7) is 3.13. The predicted molar refractivity (Wildman–Crippen MR) is 145 cm³/mol. The molecule has 3 fully saturated rings. The first-order chi connectivity index (χ1) is 19.8. The molecule has 4 amide bonds. The Morgan fingerprint density at radius 2 is 1.73 bits per heavy atom. The number of urea groups is 1. The van der Waals surface area contributed by atoms with Gasteiger partial charge in [-0.15, -0.1) is 0 Å². The molecule has 3 saturated heterocycles. The molecule has 12 nitrogen and oxygen atoms in total. The zero-order chi connectivity index (χ0) is 28.8. The smallest absolute Gasteiger partial charge is 0.404 e. The van der Waals surface area contributed by atoms with Crippen LogP contribution in [0, 0.1) is 27.9 Å². The fraction of sp³-hybridized carbons (Fsp3) is 0.483. The van der Waals surface area contributed by atoms with Crippen molar-refractivity contribution in [2.75, 3.05) is 19.7 Å². The Kier molecular flexibility index (Phi) is 7.22. The summed E-state index contributed by atoms with van der Waals surface area (Å²) in [5.41, 5.74) is 8.53. The molecule has 41 heavy (non-hydrogen) atoms. The average Bonchev–Trinajstić information content (AvgIpc) is 3.69. The van der Waals surface area contributed by atoms with Crippen LogP contribution in [-0.2, 0) is 22.7 Å². The quantitative estimate of drug-likeness (QED) is 0.202. The summed E-state index contributed by atoms with van der Waals surface area (Å²) in [7, 11) is 0. The highest BCUT2D eigenvalue weighted by atomic mass is 16.6. The lowest BCUT2D eigenvalue weighted by atomic mass is 9.61. The predicted octanol–water partition coefficient (Wildman–Crippen LogP) is 2.72. The van der Waals surface area contributed by atoms with E-state index in [0.29, 0.717) is 23.5 Å². The Labute approximate surface area is 236 Å². The maximum Gasteiger partial charge on any atom is 0.433 e. The van der Waals surface area contributed by atoms with Crippen LogP contribution in [-0.4, -0.2) is 68.3 Å². The summed E-state index contributed by atoms with van der Waals surface area (Å²) in [5, 5.41) is 20.9. The lowest BCUT2D eigenvalue weighted by molar-refractivity contribution is -0.402. The van der Waals surface area contributed by atoms with E-state index in [0.717, 1.165) is 30.8 Å². The minimum Gasteiger partial charge on any atom is -0.404 e. The van der Waals surface area contributed by atoms with E-state index < -0.39 is 46.6 Å². The Morgan fingerprint density at radius 3 is 2.37 bits per heavy atom. The van der Waals surface area contributed by atoms with Gasteiger partial charge in [0.15, 0.2) is 0 Å². The topological polar surface area (TPSA) is 163 Å². The Hall–Kier alpha value is -3.87. The first-order valence-corrected chi connectivity index (χ1v) is 14.1. The van der Waals surface area contributed by atoms with Crippen molar-refractivity contribution in [1.29, 1.82) is 0 Å². The Morgan fingerprint density at radius 1 is 1.02 bits per heavy atom. The van der Waals surface area contributed by atoms with Gasteiger partial charge in [0.2, 0.25) is 11.8 Å². The third-order valence-electron chi connectivity index (χ3n) is 8.98. The number of aliphatic hydroxyl groups excluding tert-OH is 1. The molecule has 3 N–H and O–H groups in total. The van der Waals surface area contributed by atoms with Crippen LogP contribution in [0.15, 0.2) is 52.5 Å². The SMILES string of the molecule is NC(=O)N1C(=O)C2C(C1=O)C1C=C(CCCO)C2C(c2ccc(CN3CCCC3)cc2)N1Cc1ccc([N+](=O)[O-])o1. The summed E-state index contributed by atoms with van der Waals surface area (Å²) in [5.74, 6) is -3.33. The number of primary amides is 1. The Bertz CT molecular complexity index is 1400. The van der Waals surface area contributed by atoms with Crippen molar-refractivity contribution in [3.8, 4) is 0 Å². The zero-order valence-electron chi connectivity index (χ0n) is 22.6. The maximum absolute atomic E-state index is 13.6. The number of nitro groups is 1. The second kappa shape index (κ2) is 10.8. The number of nitrogens with zero attached hydrogens (tertiary/aromatic N) is 4. The van der Waals surface area contributed by atoms with Gasteiger partial charge >= 0.3 is 11.9 Å². The van der Waals surface area contributed by atoms with Crippen molar-refractivity contribution in [2.24, 2.45) is 23.5 Å². The number of amides is 4. The number of furan rings is 1. The molecule has 5 heterocycles. The van der Waals surface area contributed by atoms with Crippen LogP contribution >= 0.6 is 0 Å². The van der Waals surface area contributed by atoms with Crippen molar-refractivity contribution < 1.29 is 28.8 Å². The minimum atomic E-state index is -1.10. The summed E-state index contributed by atoms with van der Waals surface area (Å²) >= 11 is 0. The standard InChI is InChI=1S/C29H33N5O7/c30-29(38)33-27(36)24-21-14-19(4-3-13-35)23(25(24)28(33)37)26(32(21)16-20-9-10-22(41-20)34(39)40)18-7-5-17(6-8-18)15-31-11-1-2-12-31/h5-10,14,21,23-26,35H,1-4,11-13,15-16H2,(H2,30,38). The van der Waals surface area contributed by atoms with Crippen LogP contribution in [0.1, 0.15) is 48.6 Å². The minimum absolute atomic E-state index is 0.0290. The maximum atomic E-state index is 13.6. The van der Waals surface area contributed by atoms with E-state index in [4.69, 9.17) is 10.2 Å². The van der Waals surface area contributed by atoms with E-state index in [1.165, 1.54) is 24.5 Å². The number of carbonyl (C=O) groups is 3. The molecular weight excluding hydrogens is 530 g/mol. The largest absolute Gasteiger partial charge is 0.433 e. The molecular formula is C29H33N5O7. The molecule has 2 bridgehead atoms. The van der Waals surface area contributed by atoms with Gasteiger partial charge in [-0.1, -0.05) is 35.9 Å². The number of likely N-dealkylation sites (tertiary alicyclic amines) is 2. The highest BCUT2D eigenvalue weighted by Crippen LogP contribution is 2.57.